The van der Waals surface area contributed by atoms with E-state index < -0.39 is 32.2 Å². The number of nitrogens with one attached hydrogen (secondary N) is 1. The number of methoxy groups -OCH3 is 1. The van der Waals surface area contributed by atoms with E-state index in [9.17, 15) is 17.6 Å². The van der Waals surface area contributed by atoms with Gasteiger partial charge in [0.15, 0.2) is 0 Å². The lowest BCUT2D eigenvalue weighted by Crippen LogP contribution is -2.39. The van der Waals surface area contributed by atoms with Gasteiger partial charge in [0.2, 0.25) is 10.0 Å². The molecule has 21 heavy (non-hydrogen) atoms. The van der Waals surface area contributed by atoms with Gasteiger partial charge in [-0.15, -0.1) is 0 Å². The maximum atomic E-state index is 13.7. The van der Waals surface area contributed by atoms with Crippen molar-refractivity contribution in [2.75, 3.05) is 13.7 Å². The van der Waals surface area contributed by atoms with Crippen LogP contribution in [-0.2, 0) is 14.8 Å². The van der Waals surface area contributed by atoms with Crippen LogP contribution in [0.1, 0.15) is 29.8 Å². The summed E-state index contributed by atoms with van der Waals surface area (Å²) in [7, 11) is -2.61. The fourth-order valence-electron chi connectivity index (χ4n) is 1.55. The first-order valence-corrected chi connectivity index (χ1v) is 7.69. The predicted molar refractivity (Wildman–Crippen MR) is 75.9 cm³/mol. The Hall–Kier alpha value is -1.51. The highest BCUT2D eigenvalue weighted by atomic mass is 32.2. The summed E-state index contributed by atoms with van der Waals surface area (Å²) in [4.78, 5) is 11.6. The predicted octanol–water partition coefficient (Wildman–Crippen LogP) is 0.936. The molecule has 1 amide bonds. The number of carbonyl (C=O) groups excluding carboxylic acids is 1. The molecule has 0 spiro atoms. The van der Waals surface area contributed by atoms with Crippen molar-refractivity contribution in [1.29, 1.82) is 0 Å². The van der Waals surface area contributed by atoms with Gasteiger partial charge in [-0.2, -0.15) is 0 Å². The molecular formula is C13H19FN2O4S. The van der Waals surface area contributed by atoms with Gasteiger partial charge in [0.25, 0.3) is 5.91 Å². The lowest BCUT2D eigenvalue weighted by atomic mass is 10.1. The number of amides is 1. The minimum atomic E-state index is -4.10. The Morgan fingerprint density at radius 3 is 2.48 bits per heavy atom. The van der Waals surface area contributed by atoms with Crippen molar-refractivity contribution in [1.82, 2.24) is 5.32 Å². The summed E-state index contributed by atoms with van der Waals surface area (Å²) in [5.41, 5.74) is -0.831. The SMILES string of the molecule is COC(C)(C)CNC(=O)c1cc(F)c(C)c(S(N)(=O)=O)c1. The fourth-order valence-corrected chi connectivity index (χ4v) is 2.36. The zero-order valence-electron chi connectivity index (χ0n) is 12.4. The molecule has 0 aliphatic rings. The summed E-state index contributed by atoms with van der Waals surface area (Å²) in [5, 5.41) is 7.56. The smallest absolute Gasteiger partial charge is 0.251 e. The van der Waals surface area contributed by atoms with Gasteiger partial charge in [0.05, 0.1) is 10.5 Å². The molecule has 0 aromatic heterocycles. The van der Waals surface area contributed by atoms with Crippen LogP contribution in [0.5, 0.6) is 0 Å². The summed E-state index contributed by atoms with van der Waals surface area (Å²) in [6, 6.07) is 2.03. The highest BCUT2D eigenvalue weighted by Crippen LogP contribution is 2.19. The number of hydrogen-bond acceptors (Lipinski definition) is 4. The third kappa shape index (κ3) is 4.48. The Morgan fingerprint density at radius 2 is 2.00 bits per heavy atom. The molecule has 0 saturated heterocycles. The van der Waals surface area contributed by atoms with Gasteiger partial charge >= 0.3 is 0 Å². The maximum absolute atomic E-state index is 13.7. The van der Waals surface area contributed by atoms with E-state index in [4.69, 9.17) is 9.88 Å². The number of primary sulfonamides is 1. The van der Waals surface area contributed by atoms with Gasteiger partial charge in [-0.1, -0.05) is 0 Å². The Morgan fingerprint density at radius 1 is 1.43 bits per heavy atom. The summed E-state index contributed by atoms with van der Waals surface area (Å²) in [5.74, 6) is -1.42. The molecule has 0 fully saturated rings. The first kappa shape index (κ1) is 17.5. The van der Waals surface area contributed by atoms with Gasteiger partial charge in [-0.3, -0.25) is 4.79 Å². The van der Waals surface area contributed by atoms with E-state index in [1.807, 2.05) is 0 Å². The Kier molecular flexibility index (Phi) is 5.08. The van der Waals surface area contributed by atoms with Crippen LogP contribution in [0.2, 0.25) is 0 Å². The van der Waals surface area contributed by atoms with Crippen molar-refractivity contribution in [2.45, 2.75) is 31.3 Å². The maximum Gasteiger partial charge on any atom is 0.251 e. The molecule has 1 rings (SSSR count). The zero-order valence-corrected chi connectivity index (χ0v) is 13.2. The lowest BCUT2D eigenvalue weighted by Gasteiger charge is -2.23. The van der Waals surface area contributed by atoms with Crippen LogP contribution in [0, 0.1) is 12.7 Å². The molecule has 0 unspecified atom stereocenters. The van der Waals surface area contributed by atoms with E-state index in [0.29, 0.717) is 0 Å². The molecule has 0 bridgehead atoms. The van der Waals surface area contributed by atoms with Crippen LogP contribution >= 0.6 is 0 Å². The molecule has 3 N–H and O–H groups in total. The van der Waals surface area contributed by atoms with E-state index in [0.717, 1.165) is 12.1 Å². The third-order valence-electron chi connectivity index (χ3n) is 3.09. The molecule has 118 valence electrons. The Labute approximate surface area is 123 Å². The van der Waals surface area contributed by atoms with Crippen molar-refractivity contribution in [3.8, 4) is 0 Å². The Bertz CT molecular complexity index is 656. The van der Waals surface area contributed by atoms with Gasteiger partial charge in [0, 0.05) is 24.8 Å². The number of carbonyl (C=O) groups is 1. The van der Waals surface area contributed by atoms with Crippen molar-refractivity contribution in [3.05, 3.63) is 29.1 Å². The topological polar surface area (TPSA) is 98.5 Å². The van der Waals surface area contributed by atoms with Gasteiger partial charge in [-0.05, 0) is 32.9 Å². The average Bonchev–Trinajstić information content (AvgIpc) is 2.37. The first-order chi connectivity index (χ1) is 9.48. The van der Waals surface area contributed by atoms with E-state index in [1.165, 1.54) is 14.0 Å². The van der Waals surface area contributed by atoms with E-state index >= 15 is 0 Å². The van der Waals surface area contributed by atoms with Crippen LogP contribution in [0.15, 0.2) is 17.0 Å². The standard InChI is InChI=1S/C13H19FN2O4S/c1-8-10(14)5-9(6-11(8)21(15,18)19)12(17)16-7-13(2,3)20-4/h5-6H,7H2,1-4H3,(H,16,17)(H2,15,18,19). The van der Waals surface area contributed by atoms with Crippen LogP contribution in [0.4, 0.5) is 4.39 Å². The van der Waals surface area contributed by atoms with Gasteiger partial charge in [-0.25, -0.2) is 17.9 Å². The second-order valence-corrected chi connectivity index (χ2v) is 6.80. The molecule has 0 radical (unpaired) electrons. The highest BCUT2D eigenvalue weighted by molar-refractivity contribution is 7.89. The molecule has 0 atom stereocenters. The number of hydrogen-bond donors (Lipinski definition) is 2. The van der Waals surface area contributed by atoms with Crippen LogP contribution in [0.3, 0.4) is 0 Å². The average molecular weight is 318 g/mol. The molecule has 0 aliphatic heterocycles. The van der Waals surface area contributed by atoms with E-state index in [2.05, 4.69) is 5.32 Å². The fraction of sp³-hybridized carbons (Fsp3) is 0.462. The molecule has 1 aromatic carbocycles. The molecule has 1 aromatic rings. The van der Waals surface area contributed by atoms with E-state index in [-0.39, 0.29) is 17.7 Å². The second kappa shape index (κ2) is 6.08. The second-order valence-electron chi connectivity index (χ2n) is 5.27. The molecule has 8 heteroatoms. The summed E-state index contributed by atoms with van der Waals surface area (Å²) >= 11 is 0. The Balaban J connectivity index is 3.10. The van der Waals surface area contributed by atoms with Crippen LogP contribution in [0.25, 0.3) is 0 Å². The van der Waals surface area contributed by atoms with E-state index in [1.54, 1.807) is 13.8 Å². The van der Waals surface area contributed by atoms with Gasteiger partial charge in [0.1, 0.15) is 5.82 Å². The monoisotopic (exact) mass is 318 g/mol. The molecule has 0 heterocycles. The molecule has 6 nitrogen and oxygen atoms in total. The van der Waals surface area contributed by atoms with Crippen molar-refractivity contribution in [2.24, 2.45) is 5.14 Å². The summed E-state index contributed by atoms with van der Waals surface area (Å²) in [6.45, 7) is 4.99. The minimum Gasteiger partial charge on any atom is -0.377 e. The highest BCUT2D eigenvalue weighted by Gasteiger charge is 2.21. The number of nitrogens with two attached hydrogens (primary N) is 1. The molecule has 0 aliphatic carbocycles. The van der Waals surface area contributed by atoms with Gasteiger partial charge < -0.3 is 10.1 Å². The summed E-state index contributed by atoms with van der Waals surface area (Å²) < 4.78 is 41.7. The number of rotatable bonds is 5. The van der Waals surface area contributed by atoms with Crippen molar-refractivity contribution < 1.29 is 22.3 Å². The largest absolute Gasteiger partial charge is 0.377 e. The number of benzene rings is 1. The zero-order chi connectivity index (χ0) is 16.4. The van der Waals surface area contributed by atoms with Crippen molar-refractivity contribution in [3.63, 3.8) is 0 Å². The normalized spacial score (nSPS) is 12.3. The third-order valence-corrected chi connectivity index (χ3v) is 4.13. The summed E-state index contributed by atoms with van der Waals surface area (Å²) in [6.07, 6.45) is 0. The number of halogens is 1. The van der Waals surface area contributed by atoms with Crippen LogP contribution in [-0.4, -0.2) is 33.6 Å². The number of sulfonamides is 1. The quantitative estimate of drug-likeness (QED) is 0.844. The molecule has 0 saturated carbocycles. The lowest BCUT2D eigenvalue weighted by molar-refractivity contribution is 0.0228. The van der Waals surface area contributed by atoms with Crippen LogP contribution < -0.4 is 10.5 Å². The van der Waals surface area contributed by atoms with Crippen molar-refractivity contribution >= 4 is 15.9 Å². The minimum absolute atomic E-state index is 0.117. The first-order valence-electron chi connectivity index (χ1n) is 6.14. The number of ether oxygens (including phenoxy) is 1. The molecular weight excluding hydrogens is 299 g/mol.